The monoisotopic (exact) mass is 449 g/mol. The van der Waals surface area contributed by atoms with Crippen LogP contribution in [0.3, 0.4) is 0 Å². The Hall–Kier alpha value is -4.12. The van der Waals surface area contributed by atoms with Crippen LogP contribution >= 0.6 is 0 Å². The molecule has 5 rings (SSSR count). The molecule has 0 aliphatic rings. The highest BCUT2D eigenvalue weighted by molar-refractivity contribution is 5.94. The molecule has 0 unspecified atom stereocenters. The van der Waals surface area contributed by atoms with Gasteiger partial charge in [0.25, 0.3) is 5.91 Å². The van der Waals surface area contributed by atoms with E-state index in [0.717, 1.165) is 35.6 Å². The first-order valence-corrected chi connectivity index (χ1v) is 11.7. The molecule has 170 valence electrons. The number of hydrogen-bond acceptors (Lipinski definition) is 3. The van der Waals surface area contributed by atoms with Crippen molar-refractivity contribution in [2.75, 3.05) is 13.2 Å². The second-order valence-corrected chi connectivity index (χ2v) is 8.25. The van der Waals surface area contributed by atoms with Crippen molar-refractivity contribution in [1.29, 1.82) is 0 Å². The van der Waals surface area contributed by atoms with E-state index in [2.05, 4.69) is 40.2 Å². The van der Waals surface area contributed by atoms with Gasteiger partial charge in [0.2, 0.25) is 0 Å². The zero-order chi connectivity index (χ0) is 23.2. The summed E-state index contributed by atoms with van der Waals surface area (Å²) in [6, 6.07) is 31.9. The Morgan fingerprint density at radius 3 is 2.50 bits per heavy atom. The average Bonchev–Trinajstić information content (AvgIpc) is 3.24. The SMILES string of the molecule is O=C(NCCc1nc2ccccc2n1CCCOc1ccc2ccccc2c1)c1ccccc1. The van der Waals surface area contributed by atoms with Crippen molar-refractivity contribution in [2.45, 2.75) is 19.4 Å². The number of aromatic nitrogens is 2. The number of para-hydroxylation sites is 2. The number of imidazole rings is 1. The number of nitrogens with zero attached hydrogens (tertiary/aromatic N) is 2. The van der Waals surface area contributed by atoms with Crippen LogP contribution in [-0.4, -0.2) is 28.6 Å². The van der Waals surface area contributed by atoms with E-state index in [0.29, 0.717) is 25.1 Å². The first-order valence-electron chi connectivity index (χ1n) is 11.7. The predicted molar refractivity (Wildman–Crippen MR) is 136 cm³/mol. The summed E-state index contributed by atoms with van der Waals surface area (Å²) in [5.74, 6) is 1.80. The van der Waals surface area contributed by atoms with Crippen molar-refractivity contribution in [2.24, 2.45) is 0 Å². The van der Waals surface area contributed by atoms with Crippen molar-refractivity contribution in [3.63, 3.8) is 0 Å². The molecule has 0 aliphatic heterocycles. The second kappa shape index (κ2) is 10.2. The van der Waals surface area contributed by atoms with Gasteiger partial charge in [0.15, 0.2) is 0 Å². The Bertz CT molecular complexity index is 1410. The van der Waals surface area contributed by atoms with Crippen LogP contribution in [0.2, 0.25) is 0 Å². The van der Waals surface area contributed by atoms with Crippen LogP contribution in [0.15, 0.2) is 97.1 Å². The Kier molecular flexibility index (Phi) is 6.52. The number of benzene rings is 4. The minimum absolute atomic E-state index is 0.0629. The van der Waals surface area contributed by atoms with Crippen LogP contribution in [0, 0.1) is 0 Å². The van der Waals surface area contributed by atoms with Crippen LogP contribution in [0.25, 0.3) is 21.8 Å². The van der Waals surface area contributed by atoms with E-state index in [-0.39, 0.29) is 5.91 Å². The number of rotatable bonds is 9. The second-order valence-electron chi connectivity index (χ2n) is 8.25. The molecule has 0 fully saturated rings. The van der Waals surface area contributed by atoms with Gasteiger partial charge in [0.05, 0.1) is 17.6 Å². The fourth-order valence-electron chi connectivity index (χ4n) is 4.22. The standard InChI is InChI=1S/C29H27N3O2/c33-29(23-10-2-1-3-11-23)30-18-17-28-31-26-13-6-7-14-27(26)32(28)19-8-20-34-25-16-15-22-9-4-5-12-24(22)21-25/h1-7,9-16,21H,8,17-20H2,(H,30,33). The summed E-state index contributed by atoms with van der Waals surface area (Å²) in [6.45, 7) is 1.95. The maximum atomic E-state index is 12.4. The third kappa shape index (κ3) is 4.94. The number of carbonyl (C=O) groups excluding carboxylic acids is 1. The van der Waals surface area contributed by atoms with Gasteiger partial charge < -0.3 is 14.6 Å². The number of carbonyl (C=O) groups is 1. The normalized spacial score (nSPS) is 11.1. The molecule has 1 amide bonds. The zero-order valence-corrected chi connectivity index (χ0v) is 19.0. The molecule has 0 radical (unpaired) electrons. The molecule has 5 nitrogen and oxygen atoms in total. The van der Waals surface area contributed by atoms with Crippen molar-refractivity contribution in [3.05, 3.63) is 108 Å². The molecule has 0 saturated carbocycles. The summed E-state index contributed by atoms with van der Waals surface area (Å²) in [5.41, 5.74) is 2.75. The number of ether oxygens (including phenoxy) is 1. The van der Waals surface area contributed by atoms with Crippen LogP contribution in [0.1, 0.15) is 22.6 Å². The smallest absolute Gasteiger partial charge is 0.251 e. The topological polar surface area (TPSA) is 56.2 Å². The molecule has 34 heavy (non-hydrogen) atoms. The molecular formula is C29H27N3O2. The highest BCUT2D eigenvalue weighted by Crippen LogP contribution is 2.21. The van der Waals surface area contributed by atoms with E-state index in [9.17, 15) is 4.79 Å². The molecule has 4 aromatic carbocycles. The number of hydrogen-bond donors (Lipinski definition) is 1. The van der Waals surface area contributed by atoms with Gasteiger partial charge in [-0.25, -0.2) is 4.98 Å². The lowest BCUT2D eigenvalue weighted by Crippen LogP contribution is -2.26. The van der Waals surface area contributed by atoms with Gasteiger partial charge in [-0.05, 0) is 53.6 Å². The first kappa shape index (κ1) is 21.7. The van der Waals surface area contributed by atoms with Gasteiger partial charge in [0.1, 0.15) is 11.6 Å². The van der Waals surface area contributed by atoms with Crippen molar-refractivity contribution in [3.8, 4) is 5.75 Å². The van der Waals surface area contributed by atoms with Crippen LogP contribution in [0.4, 0.5) is 0 Å². The molecule has 0 saturated heterocycles. The Balaban J connectivity index is 1.21. The Morgan fingerprint density at radius 1 is 0.853 bits per heavy atom. The minimum atomic E-state index is -0.0629. The molecular weight excluding hydrogens is 422 g/mol. The Labute approximate surface area is 199 Å². The van der Waals surface area contributed by atoms with Crippen molar-refractivity contribution in [1.82, 2.24) is 14.9 Å². The summed E-state index contributed by atoms with van der Waals surface area (Å²) in [7, 11) is 0. The number of fused-ring (bicyclic) bond motifs is 2. The van der Waals surface area contributed by atoms with Crippen LogP contribution in [0.5, 0.6) is 5.75 Å². The molecule has 5 aromatic rings. The fourth-order valence-corrected chi connectivity index (χ4v) is 4.22. The van der Waals surface area contributed by atoms with E-state index in [1.807, 2.05) is 66.7 Å². The van der Waals surface area contributed by atoms with E-state index < -0.39 is 0 Å². The van der Waals surface area contributed by atoms with Gasteiger partial charge in [-0.3, -0.25) is 4.79 Å². The van der Waals surface area contributed by atoms with E-state index in [1.54, 1.807) is 0 Å². The lowest BCUT2D eigenvalue weighted by atomic mass is 10.1. The molecule has 0 aliphatic carbocycles. The molecule has 0 atom stereocenters. The summed E-state index contributed by atoms with van der Waals surface area (Å²) in [6.07, 6.45) is 1.52. The Morgan fingerprint density at radius 2 is 1.62 bits per heavy atom. The van der Waals surface area contributed by atoms with E-state index in [4.69, 9.17) is 9.72 Å². The molecule has 0 spiro atoms. The summed E-state index contributed by atoms with van der Waals surface area (Å²) < 4.78 is 8.28. The van der Waals surface area contributed by atoms with E-state index >= 15 is 0 Å². The average molecular weight is 450 g/mol. The van der Waals surface area contributed by atoms with Crippen molar-refractivity contribution < 1.29 is 9.53 Å². The molecule has 0 bridgehead atoms. The largest absolute Gasteiger partial charge is 0.494 e. The zero-order valence-electron chi connectivity index (χ0n) is 19.0. The molecule has 5 heteroatoms. The van der Waals surface area contributed by atoms with Gasteiger partial charge in [-0.1, -0.05) is 60.7 Å². The summed E-state index contributed by atoms with van der Waals surface area (Å²) in [4.78, 5) is 17.2. The number of amides is 1. The predicted octanol–water partition coefficient (Wildman–Crippen LogP) is 5.63. The third-order valence-corrected chi connectivity index (χ3v) is 5.92. The van der Waals surface area contributed by atoms with Crippen LogP contribution in [-0.2, 0) is 13.0 Å². The maximum Gasteiger partial charge on any atom is 0.251 e. The highest BCUT2D eigenvalue weighted by Gasteiger charge is 2.11. The molecule has 1 heterocycles. The fraction of sp³-hybridized carbons (Fsp3) is 0.172. The lowest BCUT2D eigenvalue weighted by Gasteiger charge is -2.11. The summed E-state index contributed by atoms with van der Waals surface area (Å²) >= 11 is 0. The lowest BCUT2D eigenvalue weighted by molar-refractivity contribution is 0.0954. The van der Waals surface area contributed by atoms with Crippen LogP contribution < -0.4 is 10.1 Å². The van der Waals surface area contributed by atoms with Gasteiger partial charge >= 0.3 is 0 Å². The minimum Gasteiger partial charge on any atom is -0.494 e. The number of aryl methyl sites for hydroxylation is 1. The third-order valence-electron chi connectivity index (χ3n) is 5.92. The maximum absolute atomic E-state index is 12.4. The quantitative estimate of drug-likeness (QED) is 0.297. The number of nitrogens with one attached hydrogen (secondary N) is 1. The van der Waals surface area contributed by atoms with Gasteiger partial charge in [-0.2, -0.15) is 0 Å². The van der Waals surface area contributed by atoms with Gasteiger partial charge in [-0.15, -0.1) is 0 Å². The first-order chi connectivity index (χ1) is 16.8. The van der Waals surface area contributed by atoms with Crippen molar-refractivity contribution >= 4 is 27.7 Å². The van der Waals surface area contributed by atoms with Gasteiger partial charge in [0, 0.05) is 25.1 Å². The molecule has 1 aromatic heterocycles. The highest BCUT2D eigenvalue weighted by atomic mass is 16.5. The summed E-state index contributed by atoms with van der Waals surface area (Å²) in [5, 5.41) is 5.40. The van der Waals surface area contributed by atoms with E-state index in [1.165, 1.54) is 10.8 Å². The molecule has 1 N–H and O–H groups in total.